The minimum atomic E-state index is -4.74. The predicted molar refractivity (Wildman–Crippen MR) is 63.9 cm³/mol. The molecule has 0 aliphatic carbocycles. The van der Waals surface area contributed by atoms with E-state index in [0.29, 0.717) is 5.56 Å². The lowest BCUT2D eigenvalue weighted by atomic mass is 10.2. The smallest absolute Gasteiger partial charge is 0.459 e. The quantitative estimate of drug-likeness (QED) is 0.879. The molecule has 0 unspecified atom stereocenters. The van der Waals surface area contributed by atoms with Crippen molar-refractivity contribution in [3.05, 3.63) is 41.8 Å². The van der Waals surface area contributed by atoms with Crippen molar-refractivity contribution >= 4 is 5.82 Å². The Labute approximate surface area is 116 Å². The van der Waals surface area contributed by atoms with Gasteiger partial charge >= 0.3 is 12.4 Å². The Morgan fingerprint density at radius 3 is 2.38 bits per heavy atom. The number of hydrogen-bond acceptors (Lipinski definition) is 5. The molecule has 0 saturated carbocycles. The van der Waals surface area contributed by atoms with E-state index >= 15 is 0 Å². The molecule has 1 aromatic carbocycles. The maximum Gasteiger partial charge on any atom is 0.573 e. The van der Waals surface area contributed by atoms with Gasteiger partial charge in [0.25, 0.3) is 0 Å². The molecule has 1 heterocycles. The number of halogens is 4. The van der Waals surface area contributed by atoms with Crippen LogP contribution in [0.2, 0.25) is 0 Å². The lowest BCUT2D eigenvalue weighted by molar-refractivity contribution is -0.274. The monoisotopic (exact) mass is 303 g/mol. The molecule has 2 rings (SSSR count). The van der Waals surface area contributed by atoms with Gasteiger partial charge in [-0.1, -0.05) is 12.1 Å². The van der Waals surface area contributed by atoms with E-state index in [2.05, 4.69) is 14.7 Å². The van der Waals surface area contributed by atoms with E-state index in [-0.39, 0.29) is 24.2 Å². The number of nitrogens with zero attached hydrogens (tertiary/aromatic N) is 2. The zero-order chi connectivity index (χ0) is 15.5. The number of alkyl halides is 3. The third kappa shape index (κ3) is 4.48. The van der Waals surface area contributed by atoms with E-state index < -0.39 is 12.2 Å². The van der Waals surface area contributed by atoms with Crippen LogP contribution in [0, 0.1) is 5.82 Å². The Morgan fingerprint density at radius 1 is 1.14 bits per heavy atom. The van der Waals surface area contributed by atoms with Crippen LogP contribution in [-0.2, 0) is 6.61 Å². The number of hydrogen-bond donors (Lipinski definition) is 1. The van der Waals surface area contributed by atoms with E-state index in [1.807, 2.05) is 0 Å². The summed E-state index contributed by atoms with van der Waals surface area (Å²) in [5.41, 5.74) is 5.79. The molecule has 0 atom stereocenters. The Kier molecular flexibility index (Phi) is 4.10. The van der Waals surface area contributed by atoms with Crippen LogP contribution in [0.1, 0.15) is 5.56 Å². The number of rotatable bonds is 4. The highest BCUT2D eigenvalue weighted by Gasteiger charge is 2.30. The number of benzene rings is 1. The summed E-state index contributed by atoms with van der Waals surface area (Å²) in [6.07, 6.45) is -3.88. The first-order valence-electron chi connectivity index (χ1n) is 5.59. The van der Waals surface area contributed by atoms with Gasteiger partial charge in [0.2, 0.25) is 0 Å². The molecular formula is C12H9F4N3O2. The average molecular weight is 303 g/mol. The van der Waals surface area contributed by atoms with Gasteiger partial charge in [0.1, 0.15) is 12.4 Å². The van der Waals surface area contributed by atoms with Gasteiger partial charge in [0, 0.05) is 0 Å². The number of nitrogens with two attached hydrogens (primary N) is 1. The van der Waals surface area contributed by atoms with Crippen LogP contribution in [0.4, 0.5) is 23.4 Å². The minimum absolute atomic E-state index is 0.0165. The number of nitrogen functional groups attached to an aromatic ring is 1. The van der Waals surface area contributed by atoms with E-state index in [1.165, 1.54) is 12.1 Å². The summed E-state index contributed by atoms with van der Waals surface area (Å²) in [6.45, 7) is -0.0165. The highest BCUT2D eigenvalue weighted by molar-refractivity contribution is 5.30. The first-order chi connectivity index (χ1) is 9.83. The van der Waals surface area contributed by atoms with Gasteiger partial charge in [0.15, 0.2) is 11.6 Å². The molecule has 0 aliphatic rings. The molecule has 21 heavy (non-hydrogen) atoms. The van der Waals surface area contributed by atoms with Crippen molar-refractivity contribution in [2.75, 3.05) is 5.73 Å². The normalized spacial score (nSPS) is 11.2. The highest BCUT2D eigenvalue weighted by atomic mass is 19.4. The van der Waals surface area contributed by atoms with Gasteiger partial charge in [0.05, 0.1) is 6.20 Å². The summed E-state index contributed by atoms with van der Waals surface area (Å²) in [5, 5.41) is 0. The van der Waals surface area contributed by atoms with E-state index in [4.69, 9.17) is 10.5 Å². The maximum absolute atomic E-state index is 12.8. The molecule has 1 aromatic heterocycles. The lowest BCUT2D eigenvalue weighted by Crippen LogP contribution is -2.17. The summed E-state index contributed by atoms with van der Waals surface area (Å²) in [5.74, 6) is -1.46. The summed E-state index contributed by atoms with van der Waals surface area (Å²) in [7, 11) is 0. The summed E-state index contributed by atoms with van der Waals surface area (Å²) in [4.78, 5) is 7.11. The second kappa shape index (κ2) is 5.81. The van der Waals surface area contributed by atoms with Crippen molar-refractivity contribution in [1.29, 1.82) is 0 Å². The number of ether oxygens (including phenoxy) is 2. The molecular weight excluding hydrogens is 294 g/mol. The largest absolute Gasteiger partial charge is 0.573 e. The van der Waals surface area contributed by atoms with Crippen molar-refractivity contribution in [2.45, 2.75) is 13.0 Å². The van der Waals surface area contributed by atoms with E-state index in [1.54, 1.807) is 0 Å². The van der Waals surface area contributed by atoms with Gasteiger partial charge in [-0.3, -0.25) is 0 Å². The zero-order valence-electron chi connectivity index (χ0n) is 10.4. The molecule has 2 aromatic rings. The summed E-state index contributed by atoms with van der Waals surface area (Å²) < 4.78 is 57.6. The third-order valence-electron chi connectivity index (χ3n) is 2.27. The van der Waals surface area contributed by atoms with Crippen LogP contribution < -0.4 is 15.2 Å². The van der Waals surface area contributed by atoms with Gasteiger partial charge < -0.3 is 15.2 Å². The van der Waals surface area contributed by atoms with Crippen molar-refractivity contribution in [3.8, 4) is 11.8 Å². The zero-order valence-corrected chi connectivity index (χ0v) is 10.4. The van der Waals surface area contributed by atoms with Crippen LogP contribution in [0.3, 0.4) is 0 Å². The molecule has 5 nitrogen and oxygen atoms in total. The Hall–Kier alpha value is -2.58. The van der Waals surface area contributed by atoms with Crippen LogP contribution in [0.15, 0.2) is 30.5 Å². The minimum Gasteiger partial charge on any atom is -0.459 e. The second-order valence-electron chi connectivity index (χ2n) is 3.87. The predicted octanol–water partition coefficient (Wildman–Crippen LogP) is 2.68. The van der Waals surface area contributed by atoms with Crippen molar-refractivity contribution in [1.82, 2.24) is 9.97 Å². The summed E-state index contributed by atoms with van der Waals surface area (Å²) >= 11 is 0. The van der Waals surface area contributed by atoms with E-state index in [9.17, 15) is 17.6 Å². The molecule has 2 N–H and O–H groups in total. The molecule has 0 saturated heterocycles. The van der Waals surface area contributed by atoms with Crippen molar-refractivity contribution < 1.29 is 27.0 Å². The van der Waals surface area contributed by atoms with Gasteiger partial charge in [-0.15, -0.1) is 13.2 Å². The Morgan fingerprint density at radius 2 is 1.81 bits per heavy atom. The molecule has 0 amide bonds. The topological polar surface area (TPSA) is 70.3 Å². The second-order valence-corrected chi connectivity index (χ2v) is 3.87. The van der Waals surface area contributed by atoms with Crippen LogP contribution in [-0.4, -0.2) is 16.3 Å². The molecule has 112 valence electrons. The molecule has 0 fully saturated rings. The third-order valence-corrected chi connectivity index (χ3v) is 2.27. The SMILES string of the molecule is Nc1nc(OCc2ccc(OC(F)(F)F)cc2)ncc1F. The Bertz CT molecular complexity index is 617. The van der Waals surface area contributed by atoms with Gasteiger partial charge in [-0.2, -0.15) is 4.98 Å². The molecule has 0 aliphatic heterocycles. The first kappa shape index (κ1) is 14.8. The molecule has 0 bridgehead atoms. The van der Waals surface area contributed by atoms with Crippen molar-refractivity contribution in [3.63, 3.8) is 0 Å². The van der Waals surface area contributed by atoms with Crippen molar-refractivity contribution in [2.24, 2.45) is 0 Å². The fourth-order valence-electron chi connectivity index (χ4n) is 1.37. The van der Waals surface area contributed by atoms with E-state index in [0.717, 1.165) is 18.3 Å². The fraction of sp³-hybridized carbons (Fsp3) is 0.167. The number of anilines is 1. The van der Waals surface area contributed by atoms with Crippen LogP contribution in [0.25, 0.3) is 0 Å². The highest BCUT2D eigenvalue weighted by Crippen LogP contribution is 2.23. The number of aromatic nitrogens is 2. The van der Waals surface area contributed by atoms with Gasteiger partial charge in [-0.05, 0) is 17.7 Å². The average Bonchev–Trinajstić information content (AvgIpc) is 2.40. The fourth-order valence-corrected chi connectivity index (χ4v) is 1.37. The Balaban J connectivity index is 1.96. The molecule has 0 spiro atoms. The van der Waals surface area contributed by atoms with Gasteiger partial charge in [-0.25, -0.2) is 9.37 Å². The van der Waals surface area contributed by atoms with Crippen LogP contribution in [0.5, 0.6) is 11.8 Å². The standard InChI is InChI=1S/C12H9F4N3O2/c13-9-5-18-11(19-10(9)17)20-6-7-1-3-8(4-2-7)21-12(14,15)16/h1-5H,6H2,(H2,17,18,19). The lowest BCUT2D eigenvalue weighted by Gasteiger charge is -2.09. The maximum atomic E-state index is 12.8. The molecule has 0 radical (unpaired) electrons. The summed E-state index contributed by atoms with van der Waals surface area (Å²) in [6, 6.07) is 4.92. The van der Waals surface area contributed by atoms with Crippen LogP contribution >= 0.6 is 0 Å². The molecule has 9 heteroatoms. The first-order valence-corrected chi connectivity index (χ1v) is 5.59.